The molecule has 3 amide bonds. The van der Waals surface area contributed by atoms with Gasteiger partial charge >= 0.3 is 0 Å². The van der Waals surface area contributed by atoms with Crippen LogP contribution >= 0.6 is 22.7 Å². The fourth-order valence-electron chi connectivity index (χ4n) is 4.82. The molecular formula is C38H49N5O3S2. The van der Waals surface area contributed by atoms with Gasteiger partial charge < -0.3 is 26.6 Å². The zero-order chi connectivity index (χ0) is 34.7. The van der Waals surface area contributed by atoms with E-state index < -0.39 is 0 Å². The standard InChI is InChI=1S/C34H40N4O3S2.C4H9N/c1-5-26(12-9-18-36-32(39)28(22-35)16-15-24(2)3)34(41)38-19-17-27-21-31(33(40)37-23-29-13-10-20-42-29)43-30(27)14-8-6-7-11-25(38)4;1-2-4-5-3-1/h5-13,15-16,18,20-22,24-25H,1,14,17,19,23,35H2,2-4H3,(H,36,39)(H,37,40);5H,1-4H2/b8-6-,11-7-,16-15-,18-9+,26-12+,28-22+;. The smallest absolute Gasteiger partial charge is 0.261 e. The molecule has 0 aromatic carbocycles. The van der Waals surface area contributed by atoms with Crippen molar-refractivity contribution in [1.82, 2.24) is 20.9 Å². The molecule has 1 fully saturated rings. The average molecular weight is 688 g/mol. The highest BCUT2D eigenvalue weighted by Gasteiger charge is 2.22. The molecule has 256 valence electrons. The molecule has 2 aliphatic rings. The lowest BCUT2D eigenvalue weighted by molar-refractivity contribution is -0.127. The van der Waals surface area contributed by atoms with Crippen LogP contribution in [0.5, 0.6) is 0 Å². The molecule has 4 rings (SSSR count). The highest BCUT2D eigenvalue weighted by atomic mass is 32.1. The molecule has 4 heterocycles. The largest absolute Gasteiger partial charge is 0.404 e. The Morgan fingerprint density at radius 1 is 1.19 bits per heavy atom. The Labute approximate surface area is 293 Å². The summed E-state index contributed by atoms with van der Waals surface area (Å²) in [6.45, 7) is 13.3. The summed E-state index contributed by atoms with van der Waals surface area (Å²) in [5, 5.41) is 10.9. The molecule has 0 radical (unpaired) electrons. The minimum absolute atomic E-state index is 0.0936. The van der Waals surface area contributed by atoms with Crippen molar-refractivity contribution in [3.63, 3.8) is 0 Å². The van der Waals surface area contributed by atoms with E-state index in [-0.39, 0.29) is 29.7 Å². The molecule has 1 atom stereocenters. The lowest BCUT2D eigenvalue weighted by Crippen LogP contribution is -2.39. The number of hydrogen-bond acceptors (Lipinski definition) is 7. The highest BCUT2D eigenvalue weighted by molar-refractivity contribution is 7.14. The van der Waals surface area contributed by atoms with Gasteiger partial charge in [-0.05, 0) is 80.4 Å². The molecule has 0 bridgehead atoms. The molecule has 2 aromatic rings. The quantitative estimate of drug-likeness (QED) is 0.172. The Morgan fingerprint density at radius 2 is 1.98 bits per heavy atom. The van der Waals surface area contributed by atoms with Crippen LogP contribution in [0.15, 0.2) is 108 Å². The maximum absolute atomic E-state index is 13.7. The first kappa shape index (κ1) is 38.2. The minimum atomic E-state index is -0.347. The number of fused-ring (bicyclic) bond motifs is 1. The van der Waals surface area contributed by atoms with Crippen LogP contribution in [0.1, 0.15) is 58.6 Å². The number of carbonyl (C=O) groups is 3. The fourth-order valence-corrected chi connectivity index (χ4v) is 6.57. The third-order valence-corrected chi connectivity index (χ3v) is 9.63. The van der Waals surface area contributed by atoms with E-state index in [1.807, 2.05) is 68.7 Å². The molecule has 2 aliphatic heterocycles. The summed E-state index contributed by atoms with van der Waals surface area (Å²) in [5.41, 5.74) is 7.40. The van der Waals surface area contributed by atoms with Crippen LogP contribution in [-0.2, 0) is 29.0 Å². The molecule has 1 unspecified atom stereocenters. The molecule has 8 nitrogen and oxygen atoms in total. The predicted molar refractivity (Wildman–Crippen MR) is 201 cm³/mol. The van der Waals surface area contributed by atoms with E-state index in [2.05, 4.69) is 28.6 Å². The van der Waals surface area contributed by atoms with Gasteiger partial charge in [-0.15, -0.1) is 22.7 Å². The van der Waals surface area contributed by atoms with E-state index in [1.54, 1.807) is 34.5 Å². The lowest BCUT2D eigenvalue weighted by atomic mass is 10.1. The van der Waals surface area contributed by atoms with Crippen molar-refractivity contribution < 1.29 is 14.4 Å². The molecule has 1 saturated heterocycles. The fraction of sp³-hybridized carbons (Fsp3) is 0.342. The maximum atomic E-state index is 13.7. The molecule has 0 saturated carbocycles. The summed E-state index contributed by atoms with van der Waals surface area (Å²) in [6, 6.07) is 5.74. The number of amides is 3. The number of nitrogens with two attached hydrogens (primary N) is 1. The predicted octanol–water partition coefficient (Wildman–Crippen LogP) is 6.33. The van der Waals surface area contributed by atoms with Gasteiger partial charge in [-0.3, -0.25) is 14.4 Å². The first-order chi connectivity index (χ1) is 23.2. The Bertz CT molecular complexity index is 1530. The zero-order valence-electron chi connectivity index (χ0n) is 28.2. The second-order valence-electron chi connectivity index (χ2n) is 11.7. The van der Waals surface area contributed by atoms with Gasteiger partial charge in [0.15, 0.2) is 0 Å². The number of allylic oxidation sites excluding steroid dienone is 6. The highest BCUT2D eigenvalue weighted by Crippen LogP contribution is 2.26. The van der Waals surface area contributed by atoms with Crippen LogP contribution in [-0.4, -0.2) is 48.3 Å². The second kappa shape index (κ2) is 20.9. The lowest BCUT2D eigenvalue weighted by Gasteiger charge is -2.28. The van der Waals surface area contributed by atoms with Gasteiger partial charge in [0.1, 0.15) is 0 Å². The van der Waals surface area contributed by atoms with Gasteiger partial charge in [-0.25, -0.2) is 0 Å². The van der Waals surface area contributed by atoms with Gasteiger partial charge in [0, 0.05) is 46.7 Å². The number of nitrogens with zero attached hydrogens (tertiary/aromatic N) is 1. The first-order valence-electron chi connectivity index (χ1n) is 16.4. The van der Waals surface area contributed by atoms with Crippen molar-refractivity contribution in [2.75, 3.05) is 19.6 Å². The molecule has 5 N–H and O–H groups in total. The molecule has 10 heteroatoms. The van der Waals surface area contributed by atoms with E-state index in [9.17, 15) is 14.4 Å². The Morgan fingerprint density at radius 3 is 2.62 bits per heavy atom. The van der Waals surface area contributed by atoms with Crippen LogP contribution in [0.4, 0.5) is 0 Å². The minimum Gasteiger partial charge on any atom is -0.404 e. The van der Waals surface area contributed by atoms with Crippen molar-refractivity contribution in [3.8, 4) is 0 Å². The van der Waals surface area contributed by atoms with Gasteiger partial charge in [-0.2, -0.15) is 0 Å². The summed E-state index contributed by atoms with van der Waals surface area (Å²) < 4.78 is 0. The third kappa shape index (κ3) is 12.7. The van der Waals surface area contributed by atoms with Crippen molar-refractivity contribution in [1.29, 1.82) is 0 Å². The maximum Gasteiger partial charge on any atom is 0.261 e. The van der Waals surface area contributed by atoms with E-state index >= 15 is 0 Å². The van der Waals surface area contributed by atoms with Crippen molar-refractivity contribution in [2.24, 2.45) is 11.7 Å². The number of thiophene rings is 2. The van der Waals surface area contributed by atoms with E-state index in [0.29, 0.717) is 42.0 Å². The summed E-state index contributed by atoms with van der Waals surface area (Å²) in [6.07, 6.45) is 23.1. The summed E-state index contributed by atoms with van der Waals surface area (Å²) in [7, 11) is 0. The van der Waals surface area contributed by atoms with E-state index in [1.165, 1.54) is 55.7 Å². The Hall–Kier alpha value is -4.25. The van der Waals surface area contributed by atoms with E-state index in [4.69, 9.17) is 5.73 Å². The van der Waals surface area contributed by atoms with Gasteiger partial charge in [0.2, 0.25) is 0 Å². The monoisotopic (exact) mass is 687 g/mol. The summed E-state index contributed by atoms with van der Waals surface area (Å²) in [4.78, 5) is 43.6. The molecule has 2 aromatic heterocycles. The van der Waals surface area contributed by atoms with E-state index in [0.717, 1.165) is 15.3 Å². The van der Waals surface area contributed by atoms with Crippen molar-refractivity contribution in [3.05, 3.63) is 129 Å². The second-order valence-corrected chi connectivity index (χ2v) is 13.8. The number of nitrogens with one attached hydrogen (secondary N) is 3. The number of hydrogen-bond donors (Lipinski definition) is 4. The third-order valence-electron chi connectivity index (χ3n) is 7.55. The summed E-state index contributed by atoms with van der Waals surface area (Å²) in [5.74, 6) is -0.338. The normalized spacial score (nSPS) is 18.5. The molecular weight excluding hydrogens is 639 g/mol. The SMILES string of the molecule is C1CCNC1.C=C/C(=C\C=C\NC(=O)C(/C=C\C(C)C)=C/N)C(=O)N1CCc2cc(C(=O)NCc3cccs3)sc2C/C=C\C=C/C1C. The number of carbonyl (C=O) groups excluding carboxylic acids is 3. The molecule has 48 heavy (non-hydrogen) atoms. The molecule has 0 spiro atoms. The van der Waals surface area contributed by atoms with Gasteiger partial charge in [0.25, 0.3) is 17.7 Å². The van der Waals surface area contributed by atoms with Gasteiger partial charge in [0.05, 0.1) is 17.0 Å². The van der Waals surface area contributed by atoms with Crippen LogP contribution in [0.25, 0.3) is 0 Å². The molecule has 0 aliphatic carbocycles. The zero-order valence-corrected chi connectivity index (χ0v) is 29.9. The van der Waals surface area contributed by atoms with Crippen LogP contribution in [0.2, 0.25) is 0 Å². The Kier molecular flexibility index (Phi) is 16.6. The Balaban J connectivity index is 0.00000114. The van der Waals surface area contributed by atoms with Crippen LogP contribution in [0, 0.1) is 5.92 Å². The average Bonchev–Trinajstić information content (AvgIpc) is 3.88. The summed E-state index contributed by atoms with van der Waals surface area (Å²) >= 11 is 3.11. The van der Waals surface area contributed by atoms with Crippen molar-refractivity contribution >= 4 is 40.4 Å². The van der Waals surface area contributed by atoms with Crippen LogP contribution < -0.4 is 21.7 Å². The van der Waals surface area contributed by atoms with Gasteiger partial charge in [-0.1, -0.05) is 69.0 Å². The number of rotatable bonds is 10. The first-order valence-corrected chi connectivity index (χ1v) is 18.1. The van der Waals surface area contributed by atoms with Crippen LogP contribution in [0.3, 0.4) is 0 Å². The topological polar surface area (TPSA) is 117 Å². The van der Waals surface area contributed by atoms with Crippen molar-refractivity contribution in [2.45, 2.75) is 59.0 Å².